The lowest BCUT2D eigenvalue weighted by Gasteiger charge is -2.34. The topological polar surface area (TPSA) is 53.5 Å². The maximum absolute atomic E-state index is 13.0. The molecule has 2 fully saturated rings. The average molecular weight is 517 g/mol. The smallest absolute Gasteiger partial charge is 0.251 e. The van der Waals surface area contributed by atoms with Crippen molar-refractivity contribution in [3.63, 3.8) is 0 Å². The van der Waals surface area contributed by atoms with Crippen LogP contribution < -0.4 is 4.90 Å². The highest BCUT2D eigenvalue weighted by Gasteiger charge is 2.43. The number of imide groups is 1. The van der Waals surface area contributed by atoms with Gasteiger partial charge in [-0.3, -0.25) is 14.5 Å². The molecule has 2 amide bonds. The first-order valence-electron chi connectivity index (χ1n) is 9.82. The number of halogens is 1. The Kier molecular flexibility index (Phi) is 5.13. The molecule has 5 rings (SSSR count). The Morgan fingerprint density at radius 3 is 2.45 bits per heavy atom. The van der Waals surface area contributed by atoms with E-state index >= 15 is 0 Å². The summed E-state index contributed by atoms with van der Waals surface area (Å²) in [7, 11) is 0. The lowest BCUT2D eigenvalue weighted by Crippen LogP contribution is -2.45. The molecule has 0 bridgehead atoms. The Labute approximate surface area is 186 Å². The van der Waals surface area contributed by atoms with Crippen molar-refractivity contribution in [1.29, 1.82) is 0 Å². The zero-order valence-electron chi connectivity index (χ0n) is 15.8. The second kappa shape index (κ2) is 7.77. The molecule has 3 aromatic rings. The predicted molar refractivity (Wildman–Crippen MR) is 123 cm³/mol. The van der Waals surface area contributed by atoms with Gasteiger partial charge < -0.3 is 0 Å². The molecule has 2 aliphatic rings. The molecule has 148 valence electrons. The van der Waals surface area contributed by atoms with Crippen molar-refractivity contribution in [2.75, 3.05) is 18.0 Å². The van der Waals surface area contributed by atoms with E-state index in [0.29, 0.717) is 11.6 Å². The Hall–Kier alpha value is -1.84. The minimum atomic E-state index is -0.335. The maximum atomic E-state index is 13.0. The third-order valence-corrected chi connectivity index (χ3v) is 7.76. The lowest BCUT2D eigenvalue weighted by atomic mass is 9.96. The van der Waals surface area contributed by atoms with Gasteiger partial charge in [0.1, 0.15) is 0 Å². The van der Waals surface area contributed by atoms with Crippen LogP contribution >= 0.6 is 33.9 Å². The van der Waals surface area contributed by atoms with E-state index in [1.165, 1.54) is 14.6 Å². The number of anilines is 1. The van der Waals surface area contributed by atoms with Gasteiger partial charge in [-0.2, -0.15) is 0 Å². The van der Waals surface area contributed by atoms with Gasteiger partial charge in [0.2, 0.25) is 5.91 Å². The van der Waals surface area contributed by atoms with Crippen LogP contribution in [0.5, 0.6) is 0 Å². The summed E-state index contributed by atoms with van der Waals surface area (Å²) in [4.78, 5) is 34.0. The minimum Gasteiger partial charge on any atom is -0.291 e. The fourth-order valence-corrected chi connectivity index (χ4v) is 5.78. The number of aromatic nitrogens is 1. The van der Waals surface area contributed by atoms with Gasteiger partial charge in [-0.1, -0.05) is 12.1 Å². The summed E-state index contributed by atoms with van der Waals surface area (Å²) < 4.78 is 2.31. The van der Waals surface area contributed by atoms with Gasteiger partial charge in [0, 0.05) is 9.49 Å². The Balaban J connectivity index is 1.27. The van der Waals surface area contributed by atoms with Crippen LogP contribution in [0, 0.1) is 3.57 Å². The van der Waals surface area contributed by atoms with Crippen molar-refractivity contribution in [2.24, 2.45) is 0 Å². The molecule has 2 aromatic carbocycles. The summed E-state index contributed by atoms with van der Waals surface area (Å²) in [5, 5.41) is 1.19. The molecule has 2 saturated heterocycles. The highest BCUT2D eigenvalue weighted by Crippen LogP contribution is 2.35. The van der Waals surface area contributed by atoms with E-state index in [0.717, 1.165) is 35.0 Å². The SMILES string of the molecule is O=C1CC(N2CCC(c3nc4ccccc4s3)CC2)C(=O)N1c1ccc(I)cc1. The first-order chi connectivity index (χ1) is 14.1. The molecule has 3 heterocycles. The molecule has 5 nitrogen and oxygen atoms in total. The van der Waals surface area contributed by atoms with Gasteiger partial charge in [0.15, 0.2) is 0 Å². The number of piperidine rings is 1. The molecule has 1 unspecified atom stereocenters. The number of carbonyl (C=O) groups excluding carboxylic acids is 2. The molecule has 29 heavy (non-hydrogen) atoms. The van der Waals surface area contributed by atoms with Crippen LogP contribution in [0.1, 0.15) is 30.2 Å². The van der Waals surface area contributed by atoms with Gasteiger partial charge in [-0.15, -0.1) is 11.3 Å². The number of fused-ring (bicyclic) bond motifs is 1. The fraction of sp³-hybridized carbons (Fsp3) is 0.318. The number of carbonyl (C=O) groups is 2. The van der Waals surface area contributed by atoms with E-state index in [1.54, 1.807) is 11.3 Å². The zero-order chi connectivity index (χ0) is 20.0. The first kappa shape index (κ1) is 19.1. The summed E-state index contributed by atoms with van der Waals surface area (Å²) >= 11 is 4.00. The van der Waals surface area contributed by atoms with E-state index in [-0.39, 0.29) is 24.3 Å². The van der Waals surface area contributed by atoms with Crippen LogP contribution in [-0.4, -0.2) is 40.8 Å². The van der Waals surface area contributed by atoms with Gasteiger partial charge >= 0.3 is 0 Å². The number of amides is 2. The molecule has 1 atom stereocenters. The summed E-state index contributed by atoms with van der Waals surface area (Å²) in [6.45, 7) is 1.65. The van der Waals surface area contributed by atoms with E-state index in [1.807, 2.05) is 30.3 Å². The number of hydrogen-bond acceptors (Lipinski definition) is 5. The van der Waals surface area contributed by atoms with E-state index in [4.69, 9.17) is 4.98 Å². The summed E-state index contributed by atoms with van der Waals surface area (Å²) in [5.41, 5.74) is 1.74. The highest BCUT2D eigenvalue weighted by molar-refractivity contribution is 14.1. The minimum absolute atomic E-state index is 0.0883. The van der Waals surface area contributed by atoms with Crippen LogP contribution in [0.3, 0.4) is 0 Å². The quantitative estimate of drug-likeness (QED) is 0.382. The van der Waals surface area contributed by atoms with E-state index in [2.05, 4.69) is 45.7 Å². The fourth-order valence-electron chi connectivity index (χ4n) is 4.29. The highest BCUT2D eigenvalue weighted by atomic mass is 127. The number of nitrogens with zero attached hydrogens (tertiary/aromatic N) is 3. The van der Waals surface area contributed by atoms with Crippen molar-refractivity contribution >= 4 is 61.6 Å². The first-order valence-corrected chi connectivity index (χ1v) is 11.7. The Morgan fingerprint density at radius 1 is 1.00 bits per heavy atom. The second-order valence-corrected chi connectivity index (χ2v) is 9.90. The maximum Gasteiger partial charge on any atom is 0.251 e. The number of benzene rings is 2. The summed E-state index contributed by atoms with van der Waals surface area (Å²) in [5.74, 6) is 0.243. The summed E-state index contributed by atoms with van der Waals surface area (Å²) in [6.07, 6.45) is 2.22. The van der Waals surface area contributed by atoms with Crippen molar-refractivity contribution in [1.82, 2.24) is 9.88 Å². The van der Waals surface area contributed by atoms with Gasteiger partial charge in [-0.05, 0) is 84.9 Å². The third kappa shape index (κ3) is 3.60. The third-order valence-electron chi connectivity index (χ3n) is 5.84. The molecule has 0 saturated carbocycles. The molecule has 2 aliphatic heterocycles. The Morgan fingerprint density at radius 2 is 1.72 bits per heavy atom. The molecule has 7 heteroatoms. The van der Waals surface area contributed by atoms with Crippen LogP contribution in [0.2, 0.25) is 0 Å². The molecule has 1 aromatic heterocycles. The molecular weight excluding hydrogens is 497 g/mol. The van der Waals surface area contributed by atoms with Crippen molar-refractivity contribution in [3.8, 4) is 0 Å². The van der Waals surface area contributed by atoms with Crippen molar-refractivity contribution < 1.29 is 9.59 Å². The molecule has 0 spiro atoms. The number of para-hydroxylation sites is 1. The number of likely N-dealkylation sites (tertiary alicyclic amines) is 1. The van der Waals surface area contributed by atoms with Gasteiger partial charge in [-0.25, -0.2) is 9.88 Å². The normalized spacial score (nSPS) is 21.4. The van der Waals surface area contributed by atoms with Crippen LogP contribution in [0.4, 0.5) is 5.69 Å². The number of thiazole rings is 1. The van der Waals surface area contributed by atoms with Gasteiger partial charge in [0.05, 0.1) is 33.4 Å². The van der Waals surface area contributed by atoms with Crippen molar-refractivity contribution in [2.45, 2.75) is 31.2 Å². The summed E-state index contributed by atoms with van der Waals surface area (Å²) in [6, 6.07) is 15.5. The van der Waals surface area contributed by atoms with Crippen LogP contribution in [0.15, 0.2) is 48.5 Å². The van der Waals surface area contributed by atoms with Crippen LogP contribution in [0.25, 0.3) is 10.2 Å². The standard InChI is InChI=1S/C22H20IN3O2S/c23-15-5-7-16(8-6-15)26-20(27)13-18(22(26)28)25-11-9-14(10-12-25)21-24-17-3-1-2-4-19(17)29-21/h1-8,14,18H,9-13H2. The molecule has 0 radical (unpaired) electrons. The largest absolute Gasteiger partial charge is 0.291 e. The van der Waals surface area contributed by atoms with Crippen LogP contribution in [-0.2, 0) is 9.59 Å². The second-order valence-electron chi connectivity index (χ2n) is 7.59. The predicted octanol–water partition coefficient (Wildman–Crippen LogP) is 4.41. The lowest BCUT2D eigenvalue weighted by molar-refractivity contribution is -0.123. The molecular formula is C22H20IN3O2S. The molecule has 0 N–H and O–H groups in total. The number of hydrogen-bond donors (Lipinski definition) is 0. The monoisotopic (exact) mass is 517 g/mol. The number of rotatable bonds is 3. The molecule has 0 aliphatic carbocycles. The van der Waals surface area contributed by atoms with E-state index < -0.39 is 0 Å². The Bertz CT molecular complexity index is 1040. The zero-order valence-corrected chi connectivity index (χ0v) is 18.7. The average Bonchev–Trinajstić information content (AvgIpc) is 3.30. The van der Waals surface area contributed by atoms with Gasteiger partial charge in [0.25, 0.3) is 5.91 Å². The van der Waals surface area contributed by atoms with E-state index in [9.17, 15) is 9.59 Å². The van der Waals surface area contributed by atoms with Crippen molar-refractivity contribution in [3.05, 3.63) is 57.1 Å².